The predicted octanol–water partition coefficient (Wildman–Crippen LogP) is 3.02. The number of nitrogens with zero attached hydrogens (tertiary/aromatic N) is 2. The zero-order valence-electron chi connectivity index (χ0n) is 9.35. The normalized spacial score (nSPS) is 10.2. The fourth-order valence-corrected chi connectivity index (χ4v) is 1.78. The van der Waals surface area contributed by atoms with Gasteiger partial charge < -0.3 is 4.74 Å². The number of ketones is 1. The Hall–Kier alpha value is -1.65. The van der Waals surface area contributed by atoms with Crippen LogP contribution in [0, 0.1) is 0 Å². The number of aromatic nitrogens is 2. The molecule has 0 aliphatic rings. The average molecular weight is 283 g/mol. The fraction of sp³-hybridized carbons (Fsp3) is 0.0833. The minimum Gasteiger partial charge on any atom is -0.481 e. The zero-order chi connectivity index (χ0) is 13.1. The Bertz CT molecular complexity index is 602. The summed E-state index contributed by atoms with van der Waals surface area (Å²) in [4.78, 5) is 19.9. The van der Waals surface area contributed by atoms with Crippen molar-refractivity contribution in [3.63, 3.8) is 0 Å². The van der Waals surface area contributed by atoms with E-state index in [-0.39, 0.29) is 16.5 Å². The molecule has 0 fully saturated rings. The van der Waals surface area contributed by atoms with Crippen LogP contribution in [-0.4, -0.2) is 22.9 Å². The van der Waals surface area contributed by atoms with Crippen LogP contribution in [0.1, 0.15) is 16.1 Å². The molecule has 0 saturated heterocycles. The number of hydrogen-bond donors (Lipinski definition) is 0. The van der Waals surface area contributed by atoms with Crippen molar-refractivity contribution in [2.45, 2.75) is 0 Å². The molecule has 0 radical (unpaired) electrons. The van der Waals surface area contributed by atoms with Gasteiger partial charge in [0.25, 0.3) is 0 Å². The van der Waals surface area contributed by atoms with Crippen LogP contribution < -0.4 is 4.74 Å². The van der Waals surface area contributed by atoms with Crippen molar-refractivity contribution in [1.82, 2.24) is 9.97 Å². The van der Waals surface area contributed by atoms with E-state index in [1.165, 1.54) is 19.5 Å². The molecular formula is C12H8Cl2N2O2. The third-order valence-corrected chi connectivity index (χ3v) is 3.10. The summed E-state index contributed by atoms with van der Waals surface area (Å²) < 4.78 is 4.93. The van der Waals surface area contributed by atoms with Crippen LogP contribution in [0.3, 0.4) is 0 Å². The second-order valence-electron chi connectivity index (χ2n) is 3.38. The molecule has 0 aliphatic carbocycles. The fourth-order valence-electron chi connectivity index (χ4n) is 1.39. The lowest BCUT2D eigenvalue weighted by atomic mass is 10.1. The second-order valence-corrected chi connectivity index (χ2v) is 4.16. The number of halogens is 2. The summed E-state index contributed by atoms with van der Waals surface area (Å²) >= 11 is 11.8. The molecule has 4 nitrogen and oxygen atoms in total. The van der Waals surface area contributed by atoms with Crippen LogP contribution in [-0.2, 0) is 0 Å². The van der Waals surface area contributed by atoms with Crippen molar-refractivity contribution in [2.75, 3.05) is 7.11 Å². The molecular weight excluding hydrogens is 275 g/mol. The smallest absolute Gasteiger partial charge is 0.216 e. The molecule has 92 valence electrons. The van der Waals surface area contributed by atoms with Crippen molar-refractivity contribution >= 4 is 29.0 Å². The van der Waals surface area contributed by atoms with Gasteiger partial charge in [-0.15, -0.1) is 0 Å². The van der Waals surface area contributed by atoms with E-state index in [9.17, 15) is 4.79 Å². The zero-order valence-corrected chi connectivity index (χ0v) is 10.9. The Morgan fingerprint density at radius 3 is 2.78 bits per heavy atom. The molecule has 0 unspecified atom stereocenters. The molecule has 0 saturated carbocycles. The van der Waals surface area contributed by atoms with Crippen LogP contribution in [0.15, 0.2) is 30.6 Å². The van der Waals surface area contributed by atoms with Gasteiger partial charge in [-0.1, -0.05) is 29.3 Å². The molecule has 2 rings (SSSR count). The van der Waals surface area contributed by atoms with Crippen molar-refractivity contribution in [1.29, 1.82) is 0 Å². The largest absolute Gasteiger partial charge is 0.481 e. The summed E-state index contributed by atoms with van der Waals surface area (Å²) in [6.07, 6.45) is 1.25. The van der Waals surface area contributed by atoms with Crippen LogP contribution in [0.4, 0.5) is 0 Å². The SMILES string of the molecule is COc1cc(C(=O)c2cccc(Cl)c2Cl)ncn1. The molecule has 1 aromatic carbocycles. The number of carbonyl (C=O) groups is 1. The van der Waals surface area contributed by atoms with Crippen LogP contribution in [0.25, 0.3) is 0 Å². The maximum atomic E-state index is 12.2. The van der Waals surface area contributed by atoms with E-state index in [1.807, 2.05) is 0 Å². The Morgan fingerprint density at radius 1 is 1.28 bits per heavy atom. The van der Waals surface area contributed by atoms with E-state index in [0.29, 0.717) is 16.5 Å². The summed E-state index contributed by atoms with van der Waals surface area (Å²) in [5, 5.41) is 0.533. The summed E-state index contributed by atoms with van der Waals surface area (Å²) in [6.45, 7) is 0. The van der Waals surface area contributed by atoms with Crippen LogP contribution in [0.2, 0.25) is 10.0 Å². The standard InChI is InChI=1S/C12H8Cl2N2O2/c1-18-10-5-9(15-6-16-10)12(17)7-3-2-4-8(13)11(7)14/h2-6H,1H3. The van der Waals surface area contributed by atoms with Gasteiger partial charge in [0.2, 0.25) is 11.7 Å². The van der Waals surface area contributed by atoms with E-state index < -0.39 is 0 Å². The monoisotopic (exact) mass is 282 g/mol. The van der Waals surface area contributed by atoms with Gasteiger partial charge in [0.05, 0.1) is 17.2 Å². The summed E-state index contributed by atoms with van der Waals surface area (Å²) in [6, 6.07) is 6.30. The first-order valence-corrected chi connectivity index (χ1v) is 5.74. The number of rotatable bonds is 3. The van der Waals surface area contributed by atoms with Gasteiger partial charge in [-0.05, 0) is 12.1 Å². The molecule has 6 heteroatoms. The van der Waals surface area contributed by atoms with E-state index in [4.69, 9.17) is 27.9 Å². The lowest BCUT2D eigenvalue weighted by Gasteiger charge is -2.05. The highest BCUT2D eigenvalue weighted by Gasteiger charge is 2.16. The third-order valence-electron chi connectivity index (χ3n) is 2.28. The van der Waals surface area contributed by atoms with Gasteiger partial charge in [0, 0.05) is 11.6 Å². The molecule has 1 heterocycles. The lowest BCUT2D eigenvalue weighted by Crippen LogP contribution is -2.06. The van der Waals surface area contributed by atoms with Crippen molar-refractivity contribution in [3.05, 3.63) is 51.9 Å². The number of hydrogen-bond acceptors (Lipinski definition) is 4. The third kappa shape index (κ3) is 2.44. The number of ether oxygens (including phenoxy) is 1. The highest BCUT2D eigenvalue weighted by Crippen LogP contribution is 2.27. The van der Waals surface area contributed by atoms with Gasteiger partial charge in [-0.25, -0.2) is 9.97 Å². The number of benzene rings is 1. The Labute approximate surface area is 114 Å². The minimum absolute atomic E-state index is 0.200. The first-order chi connectivity index (χ1) is 8.63. The van der Waals surface area contributed by atoms with Crippen LogP contribution >= 0.6 is 23.2 Å². The molecule has 0 atom stereocenters. The molecule has 18 heavy (non-hydrogen) atoms. The minimum atomic E-state index is -0.330. The molecule has 0 N–H and O–H groups in total. The molecule has 0 aliphatic heterocycles. The summed E-state index contributed by atoms with van der Waals surface area (Å²) in [5.74, 6) is -0.0188. The van der Waals surface area contributed by atoms with Gasteiger partial charge >= 0.3 is 0 Å². The highest BCUT2D eigenvalue weighted by atomic mass is 35.5. The van der Waals surface area contributed by atoms with E-state index in [1.54, 1.807) is 18.2 Å². The summed E-state index contributed by atoms with van der Waals surface area (Å²) in [7, 11) is 1.46. The highest BCUT2D eigenvalue weighted by molar-refractivity contribution is 6.44. The summed E-state index contributed by atoms with van der Waals surface area (Å²) in [5.41, 5.74) is 0.496. The first-order valence-electron chi connectivity index (χ1n) is 4.98. The van der Waals surface area contributed by atoms with Crippen LogP contribution in [0.5, 0.6) is 5.88 Å². The van der Waals surface area contributed by atoms with Crippen molar-refractivity contribution in [3.8, 4) is 5.88 Å². The molecule has 0 bridgehead atoms. The molecule has 2 aromatic rings. The lowest BCUT2D eigenvalue weighted by molar-refractivity contribution is 0.103. The number of carbonyl (C=O) groups excluding carboxylic acids is 1. The maximum absolute atomic E-state index is 12.2. The first kappa shape index (κ1) is 12.8. The predicted molar refractivity (Wildman–Crippen MR) is 68.5 cm³/mol. The molecule has 1 aromatic heterocycles. The van der Waals surface area contributed by atoms with E-state index in [0.717, 1.165) is 0 Å². The van der Waals surface area contributed by atoms with E-state index in [2.05, 4.69) is 9.97 Å². The average Bonchev–Trinajstić information content (AvgIpc) is 2.41. The maximum Gasteiger partial charge on any atom is 0.216 e. The quantitative estimate of drug-likeness (QED) is 0.812. The number of methoxy groups -OCH3 is 1. The van der Waals surface area contributed by atoms with Gasteiger partial charge in [-0.3, -0.25) is 4.79 Å². The Kier molecular flexibility index (Phi) is 3.79. The van der Waals surface area contributed by atoms with Crippen molar-refractivity contribution < 1.29 is 9.53 Å². The van der Waals surface area contributed by atoms with Gasteiger partial charge in [0.15, 0.2) is 0 Å². The second kappa shape index (κ2) is 5.33. The molecule has 0 spiro atoms. The topological polar surface area (TPSA) is 52.1 Å². The molecule has 0 amide bonds. The Balaban J connectivity index is 2.44. The Morgan fingerprint density at radius 2 is 2.06 bits per heavy atom. The van der Waals surface area contributed by atoms with E-state index >= 15 is 0 Å². The van der Waals surface area contributed by atoms with Crippen molar-refractivity contribution in [2.24, 2.45) is 0 Å². The van der Waals surface area contributed by atoms with Gasteiger partial charge in [-0.2, -0.15) is 0 Å². The van der Waals surface area contributed by atoms with Gasteiger partial charge in [0.1, 0.15) is 12.0 Å².